The molecule has 1 aliphatic heterocycles. The molecule has 2 N–H and O–H groups in total. The van der Waals surface area contributed by atoms with Crippen LogP contribution in [0.4, 0.5) is 5.69 Å². The maximum Gasteiger partial charge on any atom is 0.243 e. The van der Waals surface area contributed by atoms with Crippen LogP contribution in [0.15, 0.2) is 28.7 Å². The van der Waals surface area contributed by atoms with Crippen LogP contribution < -0.4 is 10.6 Å². The van der Waals surface area contributed by atoms with Gasteiger partial charge >= 0.3 is 0 Å². The van der Waals surface area contributed by atoms with E-state index < -0.39 is 11.8 Å². The van der Waals surface area contributed by atoms with Crippen LogP contribution in [0.2, 0.25) is 0 Å². The number of hydrogen-bond acceptors (Lipinski definition) is 4. The Labute approximate surface area is 135 Å². The first kappa shape index (κ1) is 16.2. The van der Waals surface area contributed by atoms with Crippen molar-refractivity contribution in [2.24, 2.45) is 0 Å². The molecule has 0 spiro atoms. The highest BCUT2D eigenvalue weighted by molar-refractivity contribution is 9.10. The summed E-state index contributed by atoms with van der Waals surface area (Å²) >= 11 is 3.29. The van der Waals surface area contributed by atoms with Crippen molar-refractivity contribution in [3.8, 4) is 0 Å². The van der Waals surface area contributed by atoms with Gasteiger partial charge in [0.15, 0.2) is 0 Å². The highest BCUT2D eigenvalue weighted by Gasteiger charge is 2.30. The molecule has 8 heteroatoms. The summed E-state index contributed by atoms with van der Waals surface area (Å²) in [6.07, 6.45) is 0.267. The summed E-state index contributed by atoms with van der Waals surface area (Å²) in [5.41, 5.74) is 0.589. The van der Waals surface area contributed by atoms with Crippen molar-refractivity contribution in [2.75, 3.05) is 18.4 Å². The molecule has 0 aromatic heterocycles. The van der Waals surface area contributed by atoms with Gasteiger partial charge in [-0.1, -0.05) is 12.1 Å². The number of nitrogens with one attached hydrogen (secondary N) is 2. The molecule has 1 saturated heterocycles. The zero-order valence-corrected chi connectivity index (χ0v) is 13.2. The molecule has 2 rings (SSSR count). The van der Waals surface area contributed by atoms with Crippen LogP contribution in [0, 0.1) is 0 Å². The van der Waals surface area contributed by atoms with Gasteiger partial charge in [-0.2, -0.15) is 0 Å². The van der Waals surface area contributed by atoms with Gasteiger partial charge in [0.2, 0.25) is 23.6 Å². The van der Waals surface area contributed by atoms with Gasteiger partial charge in [0.1, 0.15) is 6.54 Å². The number of hydrogen-bond donors (Lipinski definition) is 2. The number of amides is 4. The van der Waals surface area contributed by atoms with Gasteiger partial charge in [-0.05, 0) is 28.1 Å². The second-order valence-corrected chi connectivity index (χ2v) is 5.53. The van der Waals surface area contributed by atoms with Crippen LogP contribution >= 0.6 is 15.9 Å². The molecule has 1 aliphatic rings. The Hall–Kier alpha value is -2.22. The first-order valence-corrected chi connectivity index (χ1v) is 7.41. The zero-order chi connectivity index (χ0) is 16.1. The van der Waals surface area contributed by atoms with Crippen molar-refractivity contribution in [2.45, 2.75) is 12.8 Å². The first-order chi connectivity index (χ1) is 10.5. The Kier molecular flexibility index (Phi) is 5.26. The lowest BCUT2D eigenvalue weighted by atomic mass is 10.3. The minimum atomic E-state index is -0.550. The van der Waals surface area contributed by atoms with Gasteiger partial charge in [0, 0.05) is 17.3 Å². The van der Waals surface area contributed by atoms with Crippen LogP contribution in [0.1, 0.15) is 12.8 Å². The monoisotopic (exact) mass is 367 g/mol. The van der Waals surface area contributed by atoms with E-state index in [1.54, 1.807) is 18.2 Å². The van der Waals surface area contributed by atoms with Gasteiger partial charge in [-0.25, -0.2) is 0 Å². The highest BCUT2D eigenvalue weighted by Crippen LogP contribution is 2.20. The number of carbonyl (C=O) groups excluding carboxylic acids is 4. The van der Waals surface area contributed by atoms with E-state index in [2.05, 4.69) is 26.6 Å². The molecule has 0 saturated carbocycles. The third-order valence-corrected chi connectivity index (χ3v) is 3.74. The minimum Gasteiger partial charge on any atom is -0.345 e. The number of rotatable bonds is 5. The molecule has 0 aliphatic carbocycles. The summed E-state index contributed by atoms with van der Waals surface area (Å²) < 4.78 is 0.725. The number of carbonyl (C=O) groups is 4. The molecular weight excluding hydrogens is 354 g/mol. The van der Waals surface area contributed by atoms with Crippen LogP contribution in [0.5, 0.6) is 0 Å². The molecule has 116 valence electrons. The van der Waals surface area contributed by atoms with Crippen LogP contribution in [-0.2, 0) is 19.2 Å². The highest BCUT2D eigenvalue weighted by atomic mass is 79.9. The Balaban J connectivity index is 1.79. The summed E-state index contributed by atoms with van der Waals surface area (Å²) in [6, 6.07) is 7.07. The van der Waals surface area contributed by atoms with E-state index in [0.29, 0.717) is 5.69 Å². The Bertz CT molecular complexity index is 616. The van der Waals surface area contributed by atoms with Crippen molar-refractivity contribution in [3.05, 3.63) is 28.7 Å². The van der Waals surface area contributed by atoms with Crippen molar-refractivity contribution >= 4 is 45.2 Å². The standard InChI is InChI=1S/C14H14BrN3O4/c15-9-3-1-2-4-10(9)17-11(19)7-16-12(20)8-18-13(21)5-6-14(18)22/h1-4H,5-8H2,(H,16,20)(H,17,19). The number of anilines is 1. The normalized spacial score (nSPS) is 14.1. The quantitative estimate of drug-likeness (QED) is 0.747. The van der Waals surface area contributed by atoms with Crippen LogP contribution in [0.3, 0.4) is 0 Å². The largest absolute Gasteiger partial charge is 0.345 e. The third kappa shape index (κ3) is 4.14. The second kappa shape index (κ2) is 7.17. The van der Waals surface area contributed by atoms with Gasteiger partial charge < -0.3 is 10.6 Å². The lowest BCUT2D eigenvalue weighted by molar-refractivity contribution is -0.142. The molecule has 0 radical (unpaired) electrons. The van der Waals surface area contributed by atoms with E-state index >= 15 is 0 Å². The molecule has 4 amide bonds. The summed E-state index contributed by atoms with van der Waals surface area (Å²) in [5.74, 6) is -1.68. The lowest BCUT2D eigenvalue weighted by Gasteiger charge is -2.13. The van der Waals surface area contributed by atoms with Crippen LogP contribution in [0.25, 0.3) is 0 Å². The van der Waals surface area contributed by atoms with E-state index in [-0.39, 0.29) is 37.7 Å². The fourth-order valence-electron chi connectivity index (χ4n) is 1.93. The summed E-state index contributed by atoms with van der Waals surface area (Å²) in [5, 5.41) is 5.01. The van der Waals surface area contributed by atoms with Gasteiger partial charge in [0.05, 0.1) is 12.2 Å². The molecule has 1 heterocycles. The van der Waals surface area contributed by atoms with E-state index in [4.69, 9.17) is 0 Å². The fourth-order valence-corrected chi connectivity index (χ4v) is 2.32. The summed E-state index contributed by atoms with van der Waals surface area (Å²) in [4.78, 5) is 47.1. The first-order valence-electron chi connectivity index (χ1n) is 6.61. The Morgan fingerprint density at radius 3 is 2.36 bits per heavy atom. The molecule has 1 aromatic rings. The second-order valence-electron chi connectivity index (χ2n) is 4.68. The molecule has 0 bridgehead atoms. The Morgan fingerprint density at radius 2 is 1.73 bits per heavy atom. The van der Waals surface area contributed by atoms with Gasteiger partial charge in [0.25, 0.3) is 0 Å². The topological polar surface area (TPSA) is 95.6 Å². The maximum atomic E-state index is 11.7. The number of imide groups is 1. The van der Waals surface area contributed by atoms with Crippen molar-refractivity contribution in [1.29, 1.82) is 0 Å². The Morgan fingerprint density at radius 1 is 1.09 bits per heavy atom. The van der Waals surface area contributed by atoms with Crippen molar-refractivity contribution in [3.63, 3.8) is 0 Å². The number of likely N-dealkylation sites (tertiary alicyclic amines) is 1. The van der Waals surface area contributed by atoms with Crippen molar-refractivity contribution in [1.82, 2.24) is 10.2 Å². The molecular formula is C14H14BrN3O4. The molecule has 1 aromatic carbocycles. The maximum absolute atomic E-state index is 11.7. The summed E-state index contributed by atoms with van der Waals surface area (Å²) in [7, 11) is 0. The molecule has 7 nitrogen and oxygen atoms in total. The minimum absolute atomic E-state index is 0.134. The fraction of sp³-hybridized carbons (Fsp3) is 0.286. The van der Waals surface area contributed by atoms with E-state index in [1.165, 1.54) is 0 Å². The SMILES string of the molecule is O=C(CN1C(=O)CCC1=O)NCC(=O)Nc1ccccc1Br. The van der Waals surface area contributed by atoms with E-state index in [9.17, 15) is 19.2 Å². The van der Waals surface area contributed by atoms with Crippen molar-refractivity contribution < 1.29 is 19.2 Å². The summed E-state index contributed by atoms with van der Waals surface area (Å²) in [6.45, 7) is -0.587. The molecule has 0 atom stereocenters. The number of para-hydroxylation sites is 1. The zero-order valence-electron chi connectivity index (χ0n) is 11.6. The van der Waals surface area contributed by atoms with E-state index in [1.807, 2.05) is 6.07 Å². The van der Waals surface area contributed by atoms with E-state index in [0.717, 1.165) is 9.37 Å². The van der Waals surface area contributed by atoms with Gasteiger partial charge in [-0.3, -0.25) is 24.1 Å². The van der Waals surface area contributed by atoms with Crippen LogP contribution in [-0.4, -0.2) is 41.6 Å². The number of nitrogens with zero attached hydrogens (tertiary/aromatic N) is 1. The average Bonchev–Trinajstić information content (AvgIpc) is 2.79. The van der Waals surface area contributed by atoms with Gasteiger partial charge in [-0.15, -0.1) is 0 Å². The smallest absolute Gasteiger partial charge is 0.243 e. The average molecular weight is 368 g/mol. The predicted molar refractivity (Wildman–Crippen MR) is 81.7 cm³/mol. The predicted octanol–water partition coefficient (Wildman–Crippen LogP) is 0.653. The molecule has 22 heavy (non-hydrogen) atoms. The lowest BCUT2D eigenvalue weighted by Crippen LogP contribution is -2.42. The third-order valence-electron chi connectivity index (χ3n) is 3.05. The molecule has 0 unspecified atom stereocenters. The molecule has 1 fully saturated rings. The number of benzene rings is 1. The number of halogens is 1.